The third-order valence-electron chi connectivity index (χ3n) is 4.03. The molecule has 0 spiro atoms. The Balaban J connectivity index is 1.98. The molecule has 31 heavy (non-hydrogen) atoms. The number of nitrogens with two attached hydrogens (primary N) is 2. The van der Waals surface area contributed by atoms with Crippen LogP contribution in [-0.4, -0.2) is 16.9 Å². The number of anilines is 2. The molecule has 1 aromatic heterocycles. The van der Waals surface area contributed by atoms with Crippen LogP contribution in [0.4, 0.5) is 29.3 Å². The van der Waals surface area contributed by atoms with Crippen LogP contribution < -0.4 is 21.1 Å². The molecular weight excluding hydrogens is 437 g/mol. The molecule has 0 radical (unpaired) electrons. The Morgan fingerprint density at radius 2 is 1.65 bits per heavy atom. The van der Waals surface area contributed by atoms with E-state index in [0.29, 0.717) is 0 Å². The van der Waals surface area contributed by atoms with Crippen LogP contribution in [0.5, 0.6) is 11.5 Å². The summed E-state index contributed by atoms with van der Waals surface area (Å²) in [5, 5.41) is -0.513. The molecule has 0 saturated carbocycles. The van der Waals surface area contributed by atoms with Gasteiger partial charge in [0.05, 0.1) is 22.0 Å². The lowest BCUT2D eigenvalue weighted by Crippen LogP contribution is -2.31. The molecule has 11 heteroatoms. The zero-order valence-corrected chi connectivity index (χ0v) is 16.3. The van der Waals surface area contributed by atoms with Gasteiger partial charge in [-0.1, -0.05) is 17.7 Å². The van der Waals surface area contributed by atoms with Crippen molar-refractivity contribution in [3.05, 3.63) is 77.1 Å². The van der Waals surface area contributed by atoms with E-state index < -0.39 is 28.7 Å². The summed E-state index contributed by atoms with van der Waals surface area (Å²) in [6.07, 6.45) is -3.40. The highest BCUT2D eigenvalue weighted by atomic mass is 35.5. The highest BCUT2D eigenvalue weighted by Crippen LogP contribution is 2.39. The average molecular weight is 451 g/mol. The molecule has 0 aliphatic rings. The molecule has 7 nitrogen and oxygen atoms in total. The van der Waals surface area contributed by atoms with Crippen molar-refractivity contribution >= 4 is 34.9 Å². The van der Waals surface area contributed by atoms with Crippen molar-refractivity contribution in [2.24, 2.45) is 11.5 Å². The minimum absolute atomic E-state index is 0.0201. The highest BCUT2D eigenvalue weighted by Gasteiger charge is 2.34. The minimum atomic E-state index is -4.72. The van der Waals surface area contributed by atoms with E-state index in [4.69, 9.17) is 27.8 Å². The Labute approximate surface area is 179 Å². The Kier molecular flexibility index (Phi) is 6.02. The third kappa shape index (κ3) is 5.04. The molecule has 0 bridgehead atoms. The Bertz CT molecular complexity index is 1150. The zero-order chi connectivity index (χ0) is 22.8. The molecule has 0 atom stereocenters. The molecule has 3 rings (SSSR count). The van der Waals surface area contributed by atoms with Gasteiger partial charge >= 0.3 is 12.2 Å². The first-order valence-electron chi connectivity index (χ1n) is 8.56. The van der Waals surface area contributed by atoms with Gasteiger partial charge in [0.15, 0.2) is 0 Å². The number of hydrogen-bond donors (Lipinski definition) is 2. The number of amides is 3. The number of carbonyl (C=O) groups excluding carboxylic acids is 2. The van der Waals surface area contributed by atoms with E-state index in [2.05, 4.69) is 4.98 Å². The van der Waals surface area contributed by atoms with Gasteiger partial charge in [0.2, 0.25) is 0 Å². The van der Waals surface area contributed by atoms with Crippen LogP contribution in [0.2, 0.25) is 5.02 Å². The van der Waals surface area contributed by atoms with Crippen molar-refractivity contribution in [3.63, 3.8) is 0 Å². The van der Waals surface area contributed by atoms with Crippen LogP contribution in [0.1, 0.15) is 16.1 Å². The van der Waals surface area contributed by atoms with Crippen molar-refractivity contribution in [2.45, 2.75) is 6.18 Å². The van der Waals surface area contributed by atoms with Gasteiger partial charge in [-0.15, -0.1) is 0 Å². The molecule has 0 aliphatic heterocycles. The van der Waals surface area contributed by atoms with Gasteiger partial charge in [-0.3, -0.25) is 14.7 Å². The van der Waals surface area contributed by atoms with Crippen LogP contribution in [-0.2, 0) is 6.18 Å². The van der Waals surface area contributed by atoms with Crippen molar-refractivity contribution in [3.8, 4) is 11.5 Å². The van der Waals surface area contributed by atoms with Gasteiger partial charge in [0.1, 0.15) is 17.2 Å². The SMILES string of the molecule is NC(=O)c1cc(Oc2cccc(N(C(N)=O)c3ccc(Cl)c(C(F)(F)F)c3)c2)ccn1. The summed E-state index contributed by atoms with van der Waals surface area (Å²) in [6.45, 7) is 0. The number of aromatic nitrogens is 1. The summed E-state index contributed by atoms with van der Waals surface area (Å²) in [5.41, 5.74) is 9.49. The van der Waals surface area contributed by atoms with Crippen LogP contribution in [0.3, 0.4) is 0 Å². The maximum absolute atomic E-state index is 13.2. The number of halogens is 4. The third-order valence-corrected chi connectivity index (χ3v) is 4.36. The van der Waals surface area contributed by atoms with Gasteiger partial charge in [-0.05, 0) is 36.4 Å². The predicted octanol–water partition coefficient (Wildman–Crippen LogP) is 4.86. The summed E-state index contributed by atoms with van der Waals surface area (Å²) in [4.78, 5) is 28.0. The maximum atomic E-state index is 13.2. The van der Waals surface area contributed by atoms with Crippen LogP contribution in [0, 0.1) is 0 Å². The first-order chi connectivity index (χ1) is 14.6. The molecule has 0 unspecified atom stereocenters. The molecule has 3 amide bonds. The molecule has 160 valence electrons. The molecule has 1 heterocycles. The Morgan fingerprint density at radius 3 is 2.29 bits per heavy atom. The monoisotopic (exact) mass is 450 g/mol. The van der Waals surface area contributed by atoms with E-state index in [-0.39, 0.29) is 28.6 Å². The number of urea groups is 1. The molecule has 0 saturated heterocycles. The fraction of sp³-hybridized carbons (Fsp3) is 0.0500. The second kappa shape index (κ2) is 8.52. The Hall–Kier alpha value is -3.79. The second-order valence-electron chi connectivity index (χ2n) is 6.18. The zero-order valence-electron chi connectivity index (χ0n) is 15.6. The van der Waals surface area contributed by atoms with Gasteiger partial charge in [-0.2, -0.15) is 13.2 Å². The minimum Gasteiger partial charge on any atom is -0.457 e. The van der Waals surface area contributed by atoms with Crippen LogP contribution in [0.15, 0.2) is 60.8 Å². The summed E-state index contributed by atoms with van der Waals surface area (Å²) < 4.78 is 45.3. The lowest BCUT2D eigenvalue weighted by atomic mass is 10.1. The Morgan fingerprint density at radius 1 is 0.968 bits per heavy atom. The van der Waals surface area contributed by atoms with Crippen molar-refractivity contribution in [1.82, 2.24) is 4.98 Å². The van der Waals surface area contributed by atoms with Gasteiger partial charge < -0.3 is 16.2 Å². The summed E-state index contributed by atoms with van der Waals surface area (Å²) in [6, 6.07) is 10.6. The number of alkyl halides is 3. The molecule has 0 fully saturated rings. The fourth-order valence-electron chi connectivity index (χ4n) is 2.70. The lowest BCUT2D eigenvalue weighted by molar-refractivity contribution is -0.137. The van der Waals surface area contributed by atoms with E-state index in [9.17, 15) is 22.8 Å². The number of ether oxygens (including phenoxy) is 1. The number of primary amides is 2. The standard InChI is InChI=1S/C20H14ClF3N4O3/c21-16-5-4-12(9-15(16)20(22,23)24)28(19(26)30)11-2-1-3-13(8-11)31-14-6-7-27-17(10-14)18(25)29/h1-10H,(H2,25,29)(H2,26,30). The van der Waals surface area contributed by atoms with Crippen molar-refractivity contribution in [1.29, 1.82) is 0 Å². The van der Waals surface area contributed by atoms with Gasteiger partial charge in [0, 0.05) is 18.3 Å². The quantitative estimate of drug-likeness (QED) is 0.578. The number of pyridine rings is 1. The van der Waals surface area contributed by atoms with Crippen LogP contribution >= 0.6 is 11.6 Å². The smallest absolute Gasteiger partial charge is 0.417 e. The van der Waals surface area contributed by atoms with E-state index in [0.717, 1.165) is 17.0 Å². The van der Waals surface area contributed by atoms with Gasteiger partial charge in [0.25, 0.3) is 5.91 Å². The molecule has 4 N–H and O–H groups in total. The molecular formula is C20H14ClF3N4O3. The molecule has 3 aromatic rings. The molecule has 0 aliphatic carbocycles. The number of carbonyl (C=O) groups is 2. The average Bonchev–Trinajstić information content (AvgIpc) is 2.69. The van der Waals surface area contributed by atoms with Gasteiger partial charge in [-0.25, -0.2) is 4.79 Å². The predicted molar refractivity (Wildman–Crippen MR) is 107 cm³/mol. The number of rotatable bonds is 5. The summed E-state index contributed by atoms with van der Waals surface area (Å²) >= 11 is 5.65. The lowest BCUT2D eigenvalue weighted by Gasteiger charge is -2.22. The largest absolute Gasteiger partial charge is 0.457 e. The maximum Gasteiger partial charge on any atom is 0.417 e. The van der Waals surface area contributed by atoms with E-state index in [1.807, 2.05) is 0 Å². The van der Waals surface area contributed by atoms with E-state index in [1.54, 1.807) is 0 Å². The van der Waals surface area contributed by atoms with Crippen molar-refractivity contribution in [2.75, 3.05) is 4.90 Å². The van der Waals surface area contributed by atoms with E-state index >= 15 is 0 Å². The summed E-state index contributed by atoms with van der Waals surface area (Å²) in [5.74, 6) is -0.296. The topological polar surface area (TPSA) is 112 Å². The van der Waals surface area contributed by atoms with Crippen molar-refractivity contribution < 1.29 is 27.5 Å². The number of nitrogens with zero attached hydrogens (tertiary/aromatic N) is 2. The first-order valence-corrected chi connectivity index (χ1v) is 8.94. The van der Waals surface area contributed by atoms with E-state index in [1.165, 1.54) is 48.7 Å². The number of benzene rings is 2. The highest BCUT2D eigenvalue weighted by molar-refractivity contribution is 6.31. The summed E-state index contributed by atoms with van der Waals surface area (Å²) in [7, 11) is 0. The fourth-order valence-corrected chi connectivity index (χ4v) is 2.93. The number of hydrogen-bond acceptors (Lipinski definition) is 4. The molecule has 2 aromatic carbocycles. The second-order valence-corrected chi connectivity index (χ2v) is 6.58. The normalized spacial score (nSPS) is 11.1. The first kappa shape index (κ1) is 21.9. The van der Waals surface area contributed by atoms with Crippen LogP contribution in [0.25, 0.3) is 0 Å².